The quantitative estimate of drug-likeness (QED) is 0.824. The molecule has 110 valence electrons. The average Bonchev–Trinajstić information content (AvgIpc) is 2.43. The van der Waals surface area contributed by atoms with Gasteiger partial charge < -0.3 is 10.2 Å². The Morgan fingerprint density at radius 2 is 2.00 bits per heavy atom. The fourth-order valence-corrected chi connectivity index (χ4v) is 4.46. The average molecular weight is 337 g/mol. The summed E-state index contributed by atoms with van der Waals surface area (Å²) in [4.78, 5) is 2.60. The SMILES string of the molecule is Cc1ccc(N2CC3(CCCCC3)NCC2C)c(Br)c1. The van der Waals surface area contributed by atoms with E-state index in [-0.39, 0.29) is 0 Å². The topological polar surface area (TPSA) is 15.3 Å². The lowest BCUT2D eigenvalue weighted by molar-refractivity contribution is 0.200. The lowest BCUT2D eigenvalue weighted by atomic mass is 9.79. The van der Waals surface area contributed by atoms with Gasteiger partial charge in [-0.25, -0.2) is 0 Å². The maximum Gasteiger partial charge on any atom is 0.0514 e. The molecule has 2 fully saturated rings. The number of hydrogen-bond acceptors (Lipinski definition) is 2. The van der Waals surface area contributed by atoms with E-state index in [0.29, 0.717) is 11.6 Å². The van der Waals surface area contributed by atoms with Crippen molar-refractivity contribution in [3.05, 3.63) is 28.2 Å². The number of halogens is 1. The van der Waals surface area contributed by atoms with E-state index in [4.69, 9.17) is 0 Å². The van der Waals surface area contributed by atoms with E-state index in [1.165, 1.54) is 47.8 Å². The molecule has 1 aromatic rings. The van der Waals surface area contributed by atoms with Crippen LogP contribution in [0.5, 0.6) is 0 Å². The molecule has 0 aromatic heterocycles. The smallest absolute Gasteiger partial charge is 0.0514 e. The fourth-order valence-electron chi connectivity index (χ4n) is 3.74. The maximum absolute atomic E-state index is 3.86. The van der Waals surface area contributed by atoms with Crippen LogP contribution in [0.15, 0.2) is 22.7 Å². The summed E-state index contributed by atoms with van der Waals surface area (Å²) in [5.41, 5.74) is 3.03. The van der Waals surface area contributed by atoms with Gasteiger partial charge in [0, 0.05) is 29.1 Å². The molecule has 1 heterocycles. The normalized spacial score (nSPS) is 25.9. The van der Waals surface area contributed by atoms with Crippen molar-refractivity contribution in [2.24, 2.45) is 0 Å². The Bertz CT molecular complexity index is 480. The van der Waals surface area contributed by atoms with Crippen molar-refractivity contribution in [3.63, 3.8) is 0 Å². The number of rotatable bonds is 1. The third kappa shape index (κ3) is 2.75. The largest absolute Gasteiger partial charge is 0.365 e. The molecule has 20 heavy (non-hydrogen) atoms. The van der Waals surface area contributed by atoms with E-state index < -0.39 is 0 Å². The van der Waals surface area contributed by atoms with Gasteiger partial charge in [-0.3, -0.25) is 0 Å². The lowest BCUT2D eigenvalue weighted by Gasteiger charge is -2.50. The van der Waals surface area contributed by atoms with Gasteiger partial charge in [0.25, 0.3) is 0 Å². The van der Waals surface area contributed by atoms with Crippen molar-refractivity contribution in [2.75, 3.05) is 18.0 Å². The Balaban J connectivity index is 1.86. The number of hydrogen-bond donors (Lipinski definition) is 1. The van der Waals surface area contributed by atoms with Crippen molar-refractivity contribution in [1.82, 2.24) is 5.32 Å². The minimum absolute atomic E-state index is 0.356. The van der Waals surface area contributed by atoms with E-state index >= 15 is 0 Å². The van der Waals surface area contributed by atoms with Crippen molar-refractivity contribution in [1.29, 1.82) is 0 Å². The summed E-state index contributed by atoms with van der Waals surface area (Å²) in [6.45, 7) is 6.73. The van der Waals surface area contributed by atoms with Gasteiger partial charge in [-0.15, -0.1) is 0 Å². The van der Waals surface area contributed by atoms with Crippen molar-refractivity contribution >= 4 is 21.6 Å². The highest BCUT2D eigenvalue weighted by Gasteiger charge is 2.39. The highest BCUT2D eigenvalue weighted by molar-refractivity contribution is 9.10. The monoisotopic (exact) mass is 336 g/mol. The minimum atomic E-state index is 0.356. The van der Waals surface area contributed by atoms with Crippen molar-refractivity contribution in [3.8, 4) is 0 Å². The molecule has 1 unspecified atom stereocenters. The number of aryl methyl sites for hydroxylation is 1. The van der Waals surface area contributed by atoms with Gasteiger partial charge >= 0.3 is 0 Å². The lowest BCUT2D eigenvalue weighted by Crippen LogP contribution is -2.64. The second-order valence-electron chi connectivity index (χ2n) is 6.65. The third-order valence-electron chi connectivity index (χ3n) is 5.00. The summed E-state index contributed by atoms with van der Waals surface area (Å²) in [6, 6.07) is 7.29. The fraction of sp³-hybridized carbons (Fsp3) is 0.647. The molecule has 1 spiro atoms. The van der Waals surface area contributed by atoms with Crippen LogP contribution in [0.3, 0.4) is 0 Å². The number of nitrogens with zero attached hydrogens (tertiary/aromatic N) is 1. The van der Waals surface area contributed by atoms with Gasteiger partial charge in [-0.1, -0.05) is 25.3 Å². The number of anilines is 1. The Kier molecular flexibility index (Phi) is 4.09. The molecule has 1 aromatic carbocycles. The zero-order valence-corrected chi connectivity index (χ0v) is 14.2. The Morgan fingerprint density at radius 3 is 2.70 bits per heavy atom. The molecule has 3 rings (SSSR count). The van der Waals surface area contributed by atoms with Gasteiger partial charge in [0.2, 0.25) is 0 Å². The van der Waals surface area contributed by atoms with E-state index in [1.54, 1.807) is 0 Å². The van der Waals surface area contributed by atoms with Gasteiger partial charge in [-0.2, -0.15) is 0 Å². The van der Waals surface area contributed by atoms with Crippen LogP contribution in [0.1, 0.15) is 44.6 Å². The second kappa shape index (κ2) is 5.69. The summed E-state index contributed by atoms with van der Waals surface area (Å²) in [7, 11) is 0. The second-order valence-corrected chi connectivity index (χ2v) is 7.51. The van der Waals surface area contributed by atoms with Gasteiger partial charge in [0.05, 0.1) is 5.69 Å². The van der Waals surface area contributed by atoms with Crippen LogP contribution in [-0.2, 0) is 0 Å². The van der Waals surface area contributed by atoms with E-state index in [2.05, 4.69) is 58.2 Å². The Hall–Kier alpha value is -0.540. The first kappa shape index (κ1) is 14.4. The minimum Gasteiger partial charge on any atom is -0.365 e. The zero-order valence-electron chi connectivity index (χ0n) is 12.6. The molecule has 2 aliphatic rings. The van der Waals surface area contributed by atoms with Crippen molar-refractivity contribution < 1.29 is 0 Å². The van der Waals surface area contributed by atoms with Gasteiger partial charge in [0.1, 0.15) is 0 Å². The van der Waals surface area contributed by atoms with Crippen LogP contribution >= 0.6 is 15.9 Å². The summed E-state index contributed by atoms with van der Waals surface area (Å²) in [6.07, 6.45) is 6.83. The number of benzene rings is 1. The molecule has 1 aliphatic heterocycles. The maximum atomic E-state index is 3.86. The summed E-state index contributed by atoms with van der Waals surface area (Å²) >= 11 is 3.76. The number of piperazine rings is 1. The molecule has 1 atom stereocenters. The highest BCUT2D eigenvalue weighted by atomic mass is 79.9. The molecule has 1 N–H and O–H groups in total. The number of nitrogens with one attached hydrogen (secondary N) is 1. The van der Waals surface area contributed by atoms with E-state index in [0.717, 1.165) is 13.1 Å². The van der Waals surface area contributed by atoms with Crippen LogP contribution in [0.4, 0.5) is 5.69 Å². The molecule has 1 saturated carbocycles. The molecule has 0 bridgehead atoms. The van der Waals surface area contributed by atoms with Crippen LogP contribution in [-0.4, -0.2) is 24.7 Å². The zero-order chi connectivity index (χ0) is 14.2. The molecule has 0 radical (unpaired) electrons. The van der Waals surface area contributed by atoms with Crippen LogP contribution in [0.2, 0.25) is 0 Å². The summed E-state index contributed by atoms with van der Waals surface area (Å²) in [5, 5.41) is 3.86. The predicted octanol–water partition coefficient (Wildman–Crippen LogP) is 4.26. The van der Waals surface area contributed by atoms with Crippen molar-refractivity contribution in [2.45, 2.75) is 57.5 Å². The molecule has 1 aliphatic carbocycles. The van der Waals surface area contributed by atoms with Crippen LogP contribution in [0, 0.1) is 6.92 Å². The Morgan fingerprint density at radius 1 is 1.25 bits per heavy atom. The molecule has 2 nitrogen and oxygen atoms in total. The Labute approximate surface area is 131 Å². The molecular weight excluding hydrogens is 312 g/mol. The summed E-state index contributed by atoms with van der Waals surface area (Å²) < 4.78 is 1.23. The highest BCUT2D eigenvalue weighted by Crippen LogP contribution is 2.36. The predicted molar refractivity (Wildman–Crippen MR) is 89.5 cm³/mol. The molecule has 1 saturated heterocycles. The van der Waals surface area contributed by atoms with E-state index in [1.807, 2.05) is 0 Å². The van der Waals surface area contributed by atoms with E-state index in [9.17, 15) is 0 Å². The first-order chi connectivity index (χ1) is 9.60. The third-order valence-corrected chi connectivity index (χ3v) is 5.64. The molecule has 3 heteroatoms. The molecular formula is C17H25BrN2. The summed E-state index contributed by atoms with van der Waals surface area (Å²) in [5.74, 6) is 0. The first-order valence-electron chi connectivity index (χ1n) is 7.87. The van der Waals surface area contributed by atoms with Crippen LogP contribution < -0.4 is 10.2 Å². The standard InChI is InChI=1S/C17H25BrN2/c1-13-6-7-16(15(18)10-13)20-12-17(19-11-14(20)2)8-4-3-5-9-17/h6-7,10,14,19H,3-5,8-9,11-12H2,1-2H3. The van der Waals surface area contributed by atoms with Gasteiger partial charge in [-0.05, 0) is 60.3 Å². The molecule has 0 amide bonds. The van der Waals surface area contributed by atoms with Crippen LogP contribution in [0.25, 0.3) is 0 Å². The first-order valence-corrected chi connectivity index (χ1v) is 8.67. The van der Waals surface area contributed by atoms with Gasteiger partial charge in [0.15, 0.2) is 0 Å².